The van der Waals surface area contributed by atoms with E-state index in [9.17, 15) is 4.79 Å². The summed E-state index contributed by atoms with van der Waals surface area (Å²) in [7, 11) is 0. The zero-order chi connectivity index (χ0) is 16.4. The number of benzene rings is 1. The summed E-state index contributed by atoms with van der Waals surface area (Å²) in [4.78, 5) is 21.3. The highest BCUT2D eigenvalue weighted by atomic mass is 32.2. The van der Waals surface area contributed by atoms with E-state index in [1.165, 1.54) is 5.56 Å². The van der Waals surface area contributed by atoms with Gasteiger partial charge >= 0.3 is 0 Å². The zero-order valence-corrected chi connectivity index (χ0v) is 15.1. The first-order chi connectivity index (χ1) is 11.8. The molecule has 0 N–H and O–H groups in total. The molecule has 3 heterocycles. The van der Waals surface area contributed by atoms with E-state index in [-0.39, 0.29) is 0 Å². The lowest BCUT2D eigenvalue weighted by Crippen LogP contribution is -2.34. The average molecular weight is 360 g/mol. The van der Waals surface area contributed by atoms with Gasteiger partial charge in [0.2, 0.25) is 5.91 Å². The van der Waals surface area contributed by atoms with Crippen molar-refractivity contribution in [2.75, 3.05) is 36.8 Å². The highest BCUT2D eigenvalue weighted by Gasteiger charge is 2.41. The molecule has 2 unspecified atom stereocenters. The Bertz CT molecular complexity index is 663. The number of nitrogens with zero attached hydrogens (tertiary/aromatic N) is 3. The summed E-state index contributed by atoms with van der Waals surface area (Å²) in [6, 6.07) is 10.4. The molecule has 2 aromatic rings. The molecule has 0 spiro atoms. The maximum absolute atomic E-state index is 12.5. The van der Waals surface area contributed by atoms with E-state index in [1.807, 2.05) is 29.8 Å². The SMILES string of the molecule is O=C(CSCc1ccccc1)N1CC2CN(c3nccs3)CC2C1. The molecule has 2 aliphatic rings. The standard InChI is InChI=1S/C18H21N3OS2/c22-17(13-23-12-14-4-2-1-3-5-14)20-8-15-10-21(11-16(15)9-20)18-19-6-7-24-18/h1-7,15-16H,8-13H2. The lowest BCUT2D eigenvalue weighted by Gasteiger charge is -2.21. The number of likely N-dealkylation sites (tertiary alicyclic amines) is 1. The Morgan fingerprint density at radius 1 is 1.17 bits per heavy atom. The lowest BCUT2D eigenvalue weighted by molar-refractivity contribution is -0.127. The smallest absolute Gasteiger partial charge is 0.232 e. The number of rotatable bonds is 5. The minimum Gasteiger partial charge on any atom is -0.347 e. The van der Waals surface area contributed by atoms with Crippen molar-refractivity contribution in [1.29, 1.82) is 0 Å². The molecule has 126 valence electrons. The van der Waals surface area contributed by atoms with Crippen LogP contribution in [0.1, 0.15) is 5.56 Å². The number of aromatic nitrogens is 1. The summed E-state index contributed by atoms with van der Waals surface area (Å²) in [5.74, 6) is 3.01. The highest BCUT2D eigenvalue weighted by Crippen LogP contribution is 2.34. The lowest BCUT2D eigenvalue weighted by atomic mass is 10.0. The van der Waals surface area contributed by atoms with Crippen molar-refractivity contribution in [3.63, 3.8) is 0 Å². The normalized spacial score (nSPS) is 22.8. The van der Waals surface area contributed by atoms with Crippen molar-refractivity contribution in [3.8, 4) is 0 Å². The molecule has 1 aromatic heterocycles. The molecule has 0 saturated carbocycles. The number of anilines is 1. The minimum atomic E-state index is 0.297. The Balaban J connectivity index is 1.24. The van der Waals surface area contributed by atoms with Gasteiger partial charge in [-0.15, -0.1) is 23.1 Å². The largest absolute Gasteiger partial charge is 0.347 e. The van der Waals surface area contributed by atoms with Gasteiger partial charge in [0.05, 0.1) is 5.75 Å². The van der Waals surface area contributed by atoms with Crippen LogP contribution in [-0.4, -0.2) is 47.7 Å². The third-order valence-corrected chi connectivity index (χ3v) is 6.69. The van der Waals surface area contributed by atoms with Crippen molar-refractivity contribution in [3.05, 3.63) is 47.5 Å². The number of hydrogen-bond acceptors (Lipinski definition) is 5. The van der Waals surface area contributed by atoms with Crippen molar-refractivity contribution in [2.24, 2.45) is 11.8 Å². The summed E-state index contributed by atoms with van der Waals surface area (Å²) in [6.45, 7) is 3.91. The molecule has 1 amide bonds. The van der Waals surface area contributed by atoms with E-state index in [2.05, 4.69) is 26.9 Å². The van der Waals surface area contributed by atoms with Crippen LogP contribution in [0.25, 0.3) is 0 Å². The molecule has 24 heavy (non-hydrogen) atoms. The molecule has 2 atom stereocenters. The van der Waals surface area contributed by atoms with Crippen LogP contribution in [0.5, 0.6) is 0 Å². The summed E-state index contributed by atoms with van der Waals surface area (Å²) in [5, 5.41) is 3.16. The second-order valence-electron chi connectivity index (χ2n) is 6.52. The van der Waals surface area contributed by atoms with Crippen LogP contribution < -0.4 is 4.90 Å². The van der Waals surface area contributed by atoms with Crippen LogP contribution in [0, 0.1) is 11.8 Å². The number of carbonyl (C=O) groups excluding carboxylic acids is 1. The average Bonchev–Trinajstić information content (AvgIpc) is 3.31. The van der Waals surface area contributed by atoms with Gasteiger partial charge in [0, 0.05) is 55.3 Å². The Morgan fingerprint density at radius 2 is 1.92 bits per heavy atom. The fraction of sp³-hybridized carbons (Fsp3) is 0.444. The van der Waals surface area contributed by atoms with E-state index in [0.29, 0.717) is 23.5 Å². The number of amides is 1. The molecular weight excluding hydrogens is 338 g/mol. The van der Waals surface area contributed by atoms with Crippen molar-refractivity contribution < 1.29 is 4.79 Å². The van der Waals surface area contributed by atoms with Gasteiger partial charge < -0.3 is 9.80 Å². The van der Waals surface area contributed by atoms with Gasteiger partial charge in [0.1, 0.15) is 0 Å². The zero-order valence-electron chi connectivity index (χ0n) is 13.5. The maximum Gasteiger partial charge on any atom is 0.232 e. The number of thiazole rings is 1. The molecule has 2 saturated heterocycles. The van der Waals surface area contributed by atoms with Crippen LogP contribution in [0.3, 0.4) is 0 Å². The Kier molecular flexibility index (Phi) is 4.76. The van der Waals surface area contributed by atoms with Crippen LogP contribution >= 0.6 is 23.1 Å². The van der Waals surface area contributed by atoms with E-state index >= 15 is 0 Å². The number of carbonyl (C=O) groups is 1. The molecule has 6 heteroatoms. The fourth-order valence-electron chi connectivity index (χ4n) is 3.65. The second kappa shape index (κ2) is 7.15. The van der Waals surface area contributed by atoms with Crippen LogP contribution in [0.15, 0.2) is 41.9 Å². The molecule has 0 aliphatic carbocycles. The summed E-state index contributed by atoms with van der Waals surface area (Å²) in [6.07, 6.45) is 1.87. The molecular formula is C18H21N3OS2. The Morgan fingerprint density at radius 3 is 2.58 bits per heavy atom. The Labute approximate surface area is 150 Å². The summed E-state index contributed by atoms with van der Waals surface area (Å²) >= 11 is 3.42. The number of thioether (sulfide) groups is 1. The maximum atomic E-state index is 12.5. The molecule has 4 nitrogen and oxygen atoms in total. The molecule has 2 fully saturated rings. The monoisotopic (exact) mass is 359 g/mol. The highest BCUT2D eigenvalue weighted by molar-refractivity contribution is 7.99. The van der Waals surface area contributed by atoms with Gasteiger partial charge in [-0.3, -0.25) is 4.79 Å². The van der Waals surface area contributed by atoms with Gasteiger partial charge in [-0.05, 0) is 5.56 Å². The predicted molar refractivity (Wildman–Crippen MR) is 100 cm³/mol. The van der Waals surface area contributed by atoms with Crippen LogP contribution in [0.2, 0.25) is 0 Å². The molecule has 1 aromatic carbocycles. The third-order valence-electron chi connectivity index (χ3n) is 4.87. The number of hydrogen-bond donors (Lipinski definition) is 0. The van der Waals surface area contributed by atoms with Crippen molar-refractivity contribution in [1.82, 2.24) is 9.88 Å². The molecule has 0 bridgehead atoms. The van der Waals surface area contributed by atoms with Gasteiger partial charge in [0.15, 0.2) is 5.13 Å². The topological polar surface area (TPSA) is 36.4 Å². The first-order valence-corrected chi connectivity index (χ1v) is 10.4. The second-order valence-corrected chi connectivity index (χ2v) is 8.38. The predicted octanol–water partition coefficient (Wildman–Crippen LogP) is 2.97. The van der Waals surface area contributed by atoms with Gasteiger partial charge in [-0.1, -0.05) is 30.3 Å². The van der Waals surface area contributed by atoms with E-state index in [1.54, 1.807) is 23.1 Å². The third kappa shape index (κ3) is 3.44. The van der Waals surface area contributed by atoms with Gasteiger partial charge in [-0.2, -0.15) is 0 Å². The van der Waals surface area contributed by atoms with Crippen LogP contribution in [0.4, 0.5) is 5.13 Å². The molecule has 0 radical (unpaired) electrons. The van der Waals surface area contributed by atoms with E-state index < -0.39 is 0 Å². The van der Waals surface area contributed by atoms with E-state index in [4.69, 9.17) is 0 Å². The summed E-state index contributed by atoms with van der Waals surface area (Å²) < 4.78 is 0. The van der Waals surface area contributed by atoms with Gasteiger partial charge in [0.25, 0.3) is 0 Å². The first-order valence-electron chi connectivity index (χ1n) is 8.33. The quantitative estimate of drug-likeness (QED) is 0.822. The fourth-order valence-corrected chi connectivity index (χ4v) is 5.20. The minimum absolute atomic E-state index is 0.297. The Hall–Kier alpha value is -1.53. The number of fused-ring (bicyclic) bond motifs is 1. The van der Waals surface area contributed by atoms with Gasteiger partial charge in [-0.25, -0.2) is 4.98 Å². The van der Waals surface area contributed by atoms with Crippen molar-refractivity contribution >= 4 is 34.1 Å². The molecule has 4 rings (SSSR count). The van der Waals surface area contributed by atoms with Crippen molar-refractivity contribution in [2.45, 2.75) is 5.75 Å². The molecule has 2 aliphatic heterocycles. The van der Waals surface area contributed by atoms with Crippen LogP contribution in [-0.2, 0) is 10.5 Å². The first kappa shape index (κ1) is 16.0. The van der Waals surface area contributed by atoms with E-state index in [0.717, 1.165) is 37.1 Å². The summed E-state index contributed by atoms with van der Waals surface area (Å²) in [5.41, 5.74) is 1.28.